The molecule has 0 radical (unpaired) electrons. The second-order valence-electron chi connectivity index (χ2n) is 11.4. The number of anilines is 1. The molecule has 0 spiro atoms. The summed E-state index contributed by atoms with van der Waals surface area (Å²) in [6, 6.07) is 14.8. The standard InChI is InChI=1S/C18H18ClNO2.C6H12O2.C5H7N3O2S.C4H12OS.2C2H6/c1-4-22-15-7-5-13(6-8-15)18(2,3)14-9-12(11-20)17(21)16(19)10-14;1-3-4-5(2)6(7)8;1-11(9,10)8-5-6-3-2-4-7-5;1-5-6(2,3)4;2*1-2/h5-10,21H,4H2,1-3H3;5H,3-4H2,1-2H3,(H,7,8);2-4H,1H3,(H,6,7,8);1-4H3;2*1-2H3. The number of sulfonamides is 1. The fourth-order valence-electron chi connectivity index (χ4n) is 3.42. The molecule has 0 fully saturated rings. The summed E-state index contributed by atoms with van der Waals surface area (Å²) < 4.78 is 33.8. The molecule has 2 aromatic carbocycles. The lowest BCUT2D eigenvalue weighted by Crippen LogP contribution is -2.19. The monoisotopic (exact) mass is 772 g/mol. The van der Waals surface area contributed by atoms with E-state index in [1.807, 2.05) is 85.7 Å². The van der Waals surface area contributed by atoms with Crippen molar-refractivity contribution in [2.75, 3.05) is 43.5 Å². The van der Waals surface area contributed by atoms with Gasteiger partial charge < -0.3 is 19.1 Å². The molecule has 1 heterocycles. The number of carboxylic acids is 1. The van der Waals surface area contributed by atoms with Crippen LogP contribution in [0.15, 0.2) is 54.9 Å². The summed E-state index contributed by atoms with van der Waals surface area (Å²) in [7, 11) is -2.17. The number of rotatable bonds is 10. The van der Waals surface area contributed by atoms with Gasteiger partial charge in [0.15, 0.2) is 5.75 Å². The average Bonchev–Trinajstić information content (AvgIpc) is 3.08. The molecule has 3 rings (SSSR count). The van der Waals surface area contributed by atoms with Crippen molar-refractivity contribution in [3.63, 3.8) is 0 Å². The van der Waals surface area contributed by atoms with Gasteiger partial charge in [-0.15, -0.1) is 10.3 Å². The molecule has 0 bridgehead atoms. The smallest absolute Gasteiger partial charge is 0.306 e. The Bertz CT molecular complexity index is 1530. The minimum absolute atomic E-state index is 0.0926. The molecule has 0 saturated heterocycles. The maximum absolute atomic E-state index is 10.6. The van der Waals surface area contributed by atoms with Crippen LogP contribution in [0.4, 0.5) is 5.95 Å². The van der Waals surface area contributed by atoms with Crippen LogP contribution in [0.1, 0.15) is 91.8 Å². The summed E-state index contributed by atoms with van der Waals surface area (Å²) >= 11 is 6.04. The molecule has 0 aliphatic rings. The van der Waals surface area contributed by atoms with Gasteiger partial charge in [0.2, 0.25) is 16.0 Å². The normalized spacial score (nSPS) is 11.2. The Labute approximate surface area is 314 Å². The molecule has 3 N–H and O–H groups in total. The molecule has 1 aromatic heterocycles. The number of nitrogens with one attached hydrogen (secondary N) is 1. The van der Waals surface area contributed by atoms with Crippen molar-refractivity contribution in [3.05, 3.63) is 76.6 Å². The van der Waals surface area contributed by atoms with Crippen molar-refractivity contribution in [3.8, 4) is 17.6 Å². The molecule has 14 heteroatoms. The molecule has 0 saturated carbocycles. The van der Waals surface area contributed by atoms with Crippen LogP contribution in [-0.4, -0.2) is 73.3 Å². The molecule has 51 heavy (non-hydrogen) atoms. The predicted molar refractivity (Wildman–Crippen MR) is 215 cm³/mol. The minimum atomic E-state index is -3.25. The number of aromatic nitrogens is 2. The summed E-state index contributed by atoms with van der Waals surface area (Å²) in [6.45, 7) is 18.4. The van der Waals surface area contributed by atoms with Crippen molar-refractivity contribution in [2.24, 2.45) is 5.92 Å². The van der Waals surface area contributed by atoms with Crippen LogP contribution >= 0.6 is 21.9 Å². The molecule has 1 unspecified atom stereocenters. The number of phenols is 1. The number of nitrogens with zero attached hydrogens (tertiary/aromatic N) is 3. The largest absolute Gasteiger partial charge is 0.505 e. The number of hydrogen-bond donors (Lipinski definition) is 3. The summed E-state index contributed by atoms with van der Waals surface area (Å²) in [4.78, 5) is 17.4. The van der Waals surface area contributed by atoms with Crippen LogP contribution in [0, 0.1) is 17.2 Å². The molecule has 0 aliphatic heterocycles. The number of nitriles is 1. The lowest BCUT2D eigenvalue weighted by molar-refractivity contribution is -0.141. The van der Waals surface area contributed by atoms with E-state index < -0.39 is 26.3 Å². The highest BCUT2D eigenvalue weighted by atomic mass is 35.5. The van der Waals surface area contributed by atoms with E-state index in [0.717, 1.165) is 36.0 Å². The Kier molecular flexibility index (Phi) is 27.6. The van der Waals surface area contributed by atoms with E-state index >= 15 is 0 Å². The minimum Gasteiger partial charge on any atom is -0.505 e. The number of benzene rings is 2. The van der Waals surface area contributed by atoms with Crippen LogP contribution in [0.2, 0.25) is 5.02 Å². The molecule has 1 atom stereocenters. The molecule has 11 nitrogen and oxygen atoms in total. The van der Waals surface area contributed by atoms with E-state index in [2.05, 4.69) is 33.5 Å². The van der Waals surface area contributed by atoms with E-state index in [9.17, 15) is 18.3 Å². The lowest BCUT2D eigenvalue weighted by atomic mass is 9.77. The number of ether oxygens (including phenoxy) is 1. The Morgan fingerprint density at radius 2 is 1.49 bits per heavy atom. The zero-order valence-corrected chi connectivity index (χ0v) is 35.3. The van der Waals surface area contributed by atoms with E-state index in [1.165, 1.54) is 12.4 Å². The first-order chi connectivity index (χ1) is 23.7. The van der Waals surface area contributed by atoms with Crippen molar-refractivity contribution >= 4 is 43.9 Å². The van der Waals surface area contributed by atoms with Crippen molar-refractivity contribution < 1.29 is 32.3 Å². The molecular weight excluding hydrogens is 712 g/mol. The third-order valence-corrected chi connectivity index (χ3v) is 8.12. The van der Waals surface area contributed by atoms with Crippen molar-refractivity contribution in [1.29, 1.82) is 5.26 Å². The van der Waals surface area contributed by atoms with Crippen molar-refractivity contribution in [1.82, 2.24) is 9.97 Å². The van der Waals surface area contributed by atoms with E-state index in [1.54, 1.807) is 32.2 Å². The third-order valence-electron chi connectivity index (χ3n) is 6.28. The lowest BCUT2D eigenvalue weighted by Gasteiger charge is -2.27. The summed E-state index contributed by atoms with van der Waals surface area (Å²) in [5, 5.41) is 27.4. The van der Waals surface area contributed by atoms with Gasteiger partial charge in [-0.25, -0.2) is 18.4 Å². The molecular formula is C37H61ClN4O7S2. The summed E-state index contributed by atoms with van der Waals surface area (Å²) in [6.07, 6.45) is 12.0. The zero-order valence-electron chi connectivity index (χ0n) is 32.9. The van der Waals surface area contributed by atoms with Gasteiger partial charge in [0, 0.05) is 24.9 Å². The summed E-state index contributed by atoms with van der Waals surface area (Å²) in [5.41, 5.74) is 1.77. The Morgan fingerprint density at radius 1 is 1.00 bits per heavy atom. The average molecular weight is 774 g/mol. The van der Waals surface area contributed by atoms with Crippen LogP contribution in [0.5, 0.6) is 11.5 Å². The second kappa shape index (κ2) is 27.1. The van der Waals surface area contributed by atoms with Crippen LogP contribution in [-0.2, 0) is 24.4 Å². The SMILES string of the molecule is CC.CC.CCCC(C)C(=O)O.CCOc1ccc(C(C)(C)c2cc(Cl)c(O)c(C#N)c2)cc1.COS(C)(C)C.CS(=O)(=O)Nc1ncccn1. The highest BCUT2D eigenvalue weighted by Gasteiger charge is 2.25. The van der Waals surface area contributed by atoms with E-state index in [0.29, 0.717) is 6.61 Å². The Morgan fingerprint density at radius 3 is 1.84 bits per heavy atom. The Hall–Kier alpha value is -3.57. The van der Waals surface area contributed by atoms with Crippen LogP contribution in [0.25, 0.3) is 0 Å². The number of aliphatic carboxylic acids is 1. The quantitative estimate of drug-likeness (QED) is 0.180. The first-order valence-electron chi connectivity index (χ1n) is 16.6. The van der Waals surface area contributed by atoms with Gasteiger partial charge in [0.25, 0.3) is 0 Å². The van der Waals surface area contributed by atoms with Crippen molar-refractivity contribution in [2.45, 2.75) is 80.6 Å². The van der Waals surface area contributed by atoms with E-state index in [4.69, 9.17) is 30.9 Å². The molecule has 290 valence electrons. The number of phenolic OH excluding ortho intramolecular Hbond substituents is 1. The van der Waals surface area contributed by atoms with Gasteiger partial charge in [-0.2, -0.15) is 5.26 Å². The zero-order chi connectivity index (χ0) is 40.4. The number of hydrogen-bond acceptors (Lipinski definition) is 9. The number of carbonyl (C=O) groups is 1. The summed E-state index contributed by atoms with van der Waals surface area (Å²) in [5.74, 6) is -0.110. The fraction of sp³-hybridized carbons (Fsp3) is 0.514. The third kappa shape index (κ3) is 23.5. The molecule has 0 aliphatic carbocycles. The second-order valence-corrected chi connectivity index (χ2v) is 17.4. The highest BCUT2D eigenvalue weighted by molar-refractivity contribution is 8.28. The fourth-order valence-corrected chi connectivity index (χ4v) is 4.08. The van der Waals surface area contributed by atoms with Gasteiger partial charge in [-0.1, -0.05) is 85.5 Å². The predicted octanol–water partition coefficient (Wildman–Crippen LogP) is 9.29. The van der Waals surface area contributed by atoms with Gasteiger partial charge >= 0.3 is 5.97 Å². The van der Waals surface area contributed by atoms with Gasteiger partial charge in [-0.05, 0) is 73.6 Å². The van der Waals surface area contributed by atoms with Crippen LogP contribution < -0.4 is 9.46 Å². The maximum atomic E-state index is 10.6. The molecule has 3 aromatic rings. The van der Waals surface area contributed by atoms with Crippen LogP contribution in [0.3, 0.4) is 0 Å². The highest BCUT2D eigenvalue weighted by Crippen LogP contribution is 2.38. The van der Waals surface area contributed by atoms with Gasteiger partial charge in [0.1, 0.15) is 11.8 Å². The number of halogens is 1. The topological polar surface area (TPSA) is 172 Å². The first-order valence-corrected chi connectivity index (χ1v) is 21.6. The number of aromatic hydroxyl groups is 1. The first kappa shape index (κ1) is 51.8. The number of carboxylic acid groups (broad SMARTS) is 1. The Balaban J connectivity index is -0.000000664. The van der Waals surface area contributed by atoms with Gasteiger partial charge in [-0.3, -0.25) is 9.52 Å². The van der Waals surface area contributed by atoms with Gasteiger partial charge in [0.05, 0.1) is 29.4 Å². The van der Waals surface area contributed by atoms with E-state index in [-0.39, 0.29) is 33.6 Å². The maximum Gasteiger partial charge on any atom is 0.306 e. The molecule has 0 amide bonds.